The van der Waals surface area contributed by atoms with Crippen LogP contribution in [0.2, 0.25) is 0 Å². The van der Waals surface area contributed by atoms with E-state index in [9.17, 15) is 33.4 Å². The van der Waals surface area contributed by atoms with Crippen LogP contribution in [0.1, 0.15) is 18.1 Å². The van der Waals surface area contributed by atoms with Crippen molar-refractivity contribution in [2.24, 2.45) is 5.10 Å². The average Bonchev–Trinajstić information content (AvgIpc) is 2.70. The standard InChI is InChI=1S/C19H13F3N4O4/c1-11(14-8-4-6-12-5-2-3-7-15(12)14)23-24-18-16(25(27)28)9-13(19(20,21)22)10-17(18)26(29)30/h2-10,24H,1H3/b23-11-. The summed E-state index contributed by atoms with van der Waals surface area (Å²) in [6.07, 6.45) is -4.99. The first-order valence-corrected chi connectivity index (χ1v) is 8.42. The smallest absolute Gasteiger partial charge is 0.266 e. The van der Waals surface area contributed by atoms with Crippen molar-refractivity contribution in [3.05, 3.63) is 86.0 Å². The molecule has 0 fully saturated rings. The van der Waals surface area contributed by atoms with Gasteiger partial charge in [-0.15, -0.1) is 0 Å². The summed E-state index contributed by atoms with van der Waals surface area (Å²) in [4.78, 5) is 20.3. The number of nitrogens with zero attached hydrogens (tertiary/aromatic N) is 3. The molecule has 30 heavy (non-hydrogen) atoms. The second-order valence-electron chi connectivity index (χ2n) is 6.24. The van der Waals surface area contributed by atoms with Crippen LogP contribution in [0.15, 0.2) is 59.7 Å². The number of nitro groups is 2. The van der Waals surface area contributed by atoms with E-state index in [1.165, 1.54) is 0 Å². The van der Waals surface area contributed by atoms with Crippen LogP contribution < -0.4 is 5.43 Å². The second kappa shape index (κ2) is 7.78. The minimum absolute atomic E-state index is 0.234. The van der Waals surface area contributed by atoms with E-state index in [0.717, 1.165) is 10.8 Å². The lowest BCUT2D eigenvalue weighted by Crippen LogP contribution is -2.10. The molecular weight excluding hydrogens is 405 g/mol. The van der Waals surface area contributed by atoms with Crippen LogP contribution in [0.5, 0.6) is 0 Å². The summed E-state index contributed by atoms with van der Waals surface area (Å²) in [5.41, 5.74) is -1.25. The molecule has 0 aliphatic carbocycles. The van der Waals surface area contributed by atoms with E-state index in [1.807, 2.05) is 24.3 Å². The highest BCUT2D eigenvalue weighted by molar-refractivity contribution is 6.10. The fourth-order valence-corrected chi connectivity index (χ4v) is 2.92. The molecule has 3 rings (SSSR count). The van der Waals surface area contributed by atoms with Crippen LogP contribution in [0.25, 0.3) is 10.8 Å². The number of hydrogen-bond acceptors (Lipinski definition) is 6. The topological polar surface area (TPSA) is 111 Å². The summed E-state index contributed by atoms with van der Waals surface area (Å²) >= 11 is 0. The number of anilines is 1. The number of nitro benzene ring substituents is 2. The molecule has 0 radical (unpaired) electrons. The van der Waals surface area contributed by atoms with E-state index in [1.54, 1.807) is 25.1 Å². The van der Waals surface area contributed by atoms with Crippen LogP contribution in [0, 0.1) is 20.2 Å². The van der Waals surface area contributed by atoms with Crippen molar-refractivity contribution in [1.82, 2.24) is 0 Å². The summed E-state index contributed by atoms with van der Waals surface area (Å²) in [6, 6.07) is 13.2. The predicted octanol–water partition coefficient (Wildman–Crippen LogP) is 5.51. The number of benzene rings is 3. The van der Waals surface area contributed by atoms with Crippen molar-refractivity contribution in [2.45, 2.75) is 13.1 Å². The summed E-state index contributed by atoms with van der Waals surface area (Å²) in [5.74, 6) is 0. The van der Waals surface area contributed by atoms with Gasteiger partial charge in [-0.2, -0.15) is 18.3 Å². The normalized spacial score (nSPS) is 12.1. The van der Waals surface area contributed by atoms with Gasteiger partial charge in [0.2, 0.25) is 5.69 Å². The molecule has 0 unspecified atom stereocenters. The molecule has 0 amide bonds. The molecule has 0 heterocycles. The zero-order valence-electron chi connectivity index (χ0n) is 15.3. The first kappa shape index (κ1) is 20.7. The number of fused-ring (bicyclic) bond motifs is 1. The van der Waals surface area contributed by atoms with Crippen molar-refractivity contribution >= 4 is 33.5 Å². The Bertz CT molecular complexity index is 1150. The van der Waals surface area contributed by atoms with E-state index in [-0.39, 0.29) is 12.1 Å². The van der Waals surface area contributed by atoms with E-state index >= 15 is 0 Å². The number of alkyl halides is 3. The van der Waals surface area contributed by atoms with Crippen LogP contribution in [-0.2, 0) is 6.18 Å². The van der Waals surface area contributed by atoms with Crippen molar-refractivity contribution in [2.75, 3.05) is 5.43 Å². The van der Waals surface area contributed by atoms with Crippen LogP contribution in [0.4, 0.5) is 30.2 Å². The lowest BCUT2D eigenvalue weighted by Gasteiger charge is -2.10. The van der Waals surface area contributed by atoms with Gasteiger partial charge in [-0.25, -0.2) is 0 Å². The Balaban J connectivity index is 2.11. The van der Waals surface area contributed by atoms with Gasteiger partial charge in [-0.1, -0.05) is 42.5 Å². The van der Waals surface area contributed by atoms with Gasteiger partial charge in [-0.05, 0) is 17.7 Å². The monoisotopic (exact) mass is 418 g/mol. The highest BCUT2D eigenvalue weighted by atomic mass is 19.4. The molecule has 11 heteroatoms. The van der Waals surface area contributed by atoms with Gasteiger partial charge >= 0.3 is 17.6 Å². The summed E-state index contributed by atoms with van der Waals surface area (Å²) in [7, 11) is 0. The zero-order valence-corrected chi connectivity index (χ0v) is 15.3. The fraction of sp³-hybridized carbons (Fsp3) is 0.105. The number of hydrazone groups is 1. The molecule has 8 nitrogen and oxygen atoms in total. The van der Waals surface area contributed by atoms with Gasteiger partial charge in [0.05, 0.1) is 21.1 Å². The fourth-order valence-electron chi connectivity index (χ4n) is 2.92. The van der Waals surface area contributed by atoms with Crippen molar-refractivity contribution in [3.8, 4) is 0 Å². The van der Waals surface area contributed by atoms with Gasteiger partial charge in [0.25, 0.3) is 0 Å². The quantitative estimate of drug-likeness (QED) is 0.334. The first-order valence-electron chi connectivity index (χ1n) is 8.42. The molecule has 154 valence electrons. The molecule has 0 bridgehead atoms. The largest absolute Gasteiger partial charge is 0.416 e. The Kier molecular flexibility index (Phi) is 5.37. The number of halogens is 3. The third-order valence-corrected chi connectivity index (χ3v) is 4.33. The molecule has 0 saturated carbocycles. The van der Waals surface area contributed by atoms with Gasteiger partial charge in [0.15, 0.2) is 0 Å². The average molecular weight is 418 g/mol. The third-order valence-electron chi connectivity index (χ3n) is 4.33. The Morgan fingerprint density at radius 3 is 2.10 bits per heavy atom. The minimum Gasteiger partial charge on any atom is -0.266 e. The molecule has 0 saturated heterocycles. The molecule has 0 aromatic heterocycles. The van der Waals surface area contributed by atoms with E-state index in [4.69, 9.17) is 0 Å². The second-order valence-corrected chi connectivity index (χ2v) is 6.24. The maximum Gasteiger partial charge on any atom is 0.416 e. The van der Waals surface area contributed by atoms with Crippen LogP contribution in [-0.4, -0.2) is 15.6 Å². The lowest BCUT2D eigenvalue weighted by atomic mass is 10.0. The van der Waals surface area contributed by atoms with Gasteiger partial charge in [-0.3, -0.25) is 25.7 Å². The van der Waals surface area contributed by atoms with Crippen LogP contribution >= 0.6 is 0 Å². The summed E-state index contributed by atoms with van der Waals surface area (Å²) in [6.45, 7) is 1.57. The Morgan fingerprint density at radius 1 is 0.967 bits per heavy atom. The molecule has 3 aromatic rings. The Morgan fingerprint density at radius 2 is 1.53 bits per heavy atom. The van der Waals surface area contributed by atoms with E-state index in [0.29, 0.717) is 11.3 Å². The zero-order chi connectivity index (χ0) is 22.1. The number of nitrogens with one attached hydrogen (secondary N) is 1. The number of hydrogen-bond donors (Lipinski definition) is 1. The van der Waals surface area contributed by atoms with Crippen molar-refractivity contribution in [1.29, 1.82) is 0 Å². The molecule has 1 N–H and O–H groups in total. The molecule has 3 aromatic carbocycles. The molecule has 0 atom stereocenters. The molecule has 0 spiro atoms. The maximum absolute atomic E-state index is 13.0. The minimum atomic E-state index is -4.99. The summed E-state index contributed by atoms with van der Waals surface area (Å²) in [5, 5.41) is 28.3. The Labute approximate surface area is 166 Å². The lowest BCUT2D eigenvalue weighted by molar-refractivity contribution is -0.392. The van der Waals surface area contributed by atoms with Gasteiger partial charge in [0.1, 0.15) is 0 Å². The first-order chi connectivity index (χ1) is 14.1. The highest BCUT2D eigenvalue weighted by Crippen LogP contribution is 2.41. The van der Waals surface area contributed by atoms with Gasteiger partial charge in [0, 0.05) is 17.7 Å². The Hall–Kier alpha value is -4.02. The van der Waals surface area contributed by atoms with Gasteiger partial charge < -0.3 is 0 Å². The third kappa shape index (κ3) is 4.04. The van der Waals surface area contributed by atoms with Crippen LogP contribution in [0.3, 0.4) is 0 Å². The summed E-state index contributed by atoms with van der Waals surface area (Å²) < 4.78 is 39.0. The molecular formula is C19H13F3N4O4. The molecule has 0 aliphatic heterocycles. The molecule has 0 aliphatic rings. The van der Waals surface area contributed by atoms with Crippen molar-refractivity contribution in [3.63, 3.8) is 0 Å². The highest BCUT2D eigenvalue weighted by Gasteiger charge is 2.37. The maximum atomic E-state index is 13.0. The van der Waals surface area contributed by atoms with Crippen molar-refractivity contribution < 1.29 is 23.0 Å². The SMILES string of the molecule is C/C(=N/Nc1c([N+](=O)[O-])cc(C(F)(F)F)cc1[N+](=O)[O-])c1cccc2ccccc12. The predicted molar refractivity (Wildman–Crippen MR) is 105 cm³/mol. The van der Waals surface area contributed by atoms with E-state index < -0.39 is 38.6 Å². The number of rotatable bonds is 5. The van der Waals surface area contributed by atoms with E-state index in [2.05, 4.69) is 10.5 Å².